The van der Waals surface area contributed by atoms with Crippen LogP contribution in [0.5, 0.6) is 0 Å². The van der Waals surface area contributed by atoms with Gasteiger partial charge < -0.3 is 0 Å². The van der Waals surface area contributed by atoms with E-state index < -0.39 is 23.1 Å². The van der Waals surface area contributed by atoms with E-state index in [2.05, 4.69) is 21.8 Å². The number of thiophene rings is 2. The van der Waals surface area contributed by atoms with Gasteiger partial charge in [0.2, 0.25) is 0 Å². The molecule has 8 nitrogen and oxygen atoms in total. The quantitative estimate of drug-likeness (QED) is 0.114. The fourth-order valence-electron chi connectivity index (χ4n) is 10.3. The van der Waals surface area contributed by atoms with Crippen molar-refractivity contribution in [2.75, 3.05) is 0 Å². The number of fused-ring (bicyclic) bond motifs is 9. The van der Waals surface area contributed by atoms with E-state index in [1.54, 1.807) is 34.8 Å². The van der Waals surface area contributed by atoms with Crippen molar-refractivity contribution in [2.24, 2.45) is 0 Å². The van der Waals surface area contributed by atoms with Crippen LogP contribution in [0.25, 0.3) is 31.2 Å². The molecular weight excluding hydrogens is 737 g/mol. The molecule has 10 heteroatoms. The number of hydrogen-bond acceptors (Lipinski definition) is 8. The Labute approximate surface area is 330 Å². The molecule has 2 spiro atoms. The van der Waals surface area contributed by atoms with Gasteiger partial charge in [-0.3, -0.25) is 28.9 Å². The molecule has 0 N–H and O–H groups in total. The van der Waals surface area contributed by atoms with E-state index in [1.165, 1.54) is 44.8 Å². The summed E-state index contributed by atoms with van der Waals surface area (Å²) in [5.41, 5.74) is 4.93. The van der Waals surface area contributed by atoms with Gasteiger partial charge in [-0.1, -0.05) is 50.7 Å². The number of carbonyl (C=O) groups excluding carboxylic acids is 4. The largest absolute Gasteiger partial charge is 0.288 e. The number of carbonyl (C=O) groups is 4. The Balaban J connectivity index is 1.08. The van der Waals surface area contributed by atoms with Crippen LogP contribution < -0.4 is 0 Å². The van der Waals surface area contributed by atoms with Gasteiger partial charge in [-0.05, 0) is 84.4 Å². The monoisotopic (exact) mass is 764 g/mol. The first kappa shape index (κ1) is 34.2. The number of ketones is 4. The zero-order chi connectivity index (χ0) is 38.7. The van der Waals surface area contributed by atoms with Crippen LogP contribution in [0.4, 0.5) is 11.4 Å². The molecule has 2 aromatic carbocycles. The fraction of sp³-hybridized carbons (Fsp3) is 0.261. The van der Waals surface area contributed by atoms with Crippen LogP contribution in [0.1, 0.15) is 138 Å². The molecule has 4 aromatic rings. The molecule has 2 fully saturated rings. The first-order valence-corrected chi connectivity index (χ1v) is 20.4. The van der Waals surface area contributed by atoms with Crippen LogP contribution in [0.3, 0.4) is 0 Å². The van der Waals surface area contributed by atoms with E-state index in [0.717, 1.165) is 85.1 Å². The lowest BCUT2D eigenvalue weighted by Crippen LogP contribution is -2.29. The molecular formula is C46H28N4O4S2. The van der Waals surface area contributed by atoms with Crippen LogP contribution in [0.15, 0.2) is 58.7 Å². The van der Waals surface area contributed by atoms with Crippen LogP contribution in [0.2, 0.25) is 0 Å². The van der Waals surface area contributed by atoms with Gasteiger partial charge in [-0.15, -0.1) is 22.7 Å². The van der Waals surface area contributed by atoms with E-state index in [0.29, 0.717) is 0 Å². The summed E-state index contributed by atoms with van der Waals surface area (Å²) in [6.45, 7) is 15.0. The predicted molar refractivity (Wildman–Crippen MR) is 214 cm³/mol. The SMILES string of the molecule is [C-]#[N+]c1cc2c(cc1[N+]#[C-])C(=O)C(=CC1=Cc3sc4c5c(sc4c3C13CCCCC3)C=C(C=C1C(=O)c3cc(C#N)c(C#N)cc3C1=O)C51CCCCC1)C2=O. The fourth-order valence-corrected chi connectivity index (χ4v) is 13.5. The van der Waals surface area contributed by atoms with Crippen LogP contribution in [-0.2, 0) is 10.8 Å². The van der Waals surface area contributed by atoms with Crippen LogP contribution >= 0.6 is 22.7 Å². The molecule has 0 amide bonds. The van der Waals surface area contributed by atoms with Crippen LogP contribution in [-0.4, -0.2) is 23.1 Å². The molecule has 56 heavy (non-hydrogen) atoms. The minimum Gasteiger partial charge on any atom is -0.288 e. The smallest absolute Gasteiger partial charge is 0.197 e. The lowest BCUT2D eigenvalue weighted by atomic mass is 9.66. The molecule has 0 saturated heterocycles. The Bertz CT molecular complexity index is 2630. The summed E-state index contributed by atoms with van der Waals surface area (Å²) in [7, 11) is 0. The standard InChI is InChI=1S/C46H28N4O4S2/c1-49-33-19-29-30(20-34(33)50-2)42(54)32(41(29)53)16-26-18-36-38(46(26)11-7-4-8-12-46)44-43(56-36)37-35(55-44)17-25(45(37)9-5-3-6-10-45)15-31-39(51)27-13-23(21-47)24(22-48)14-28(27)40(31)52/h13-20H,3-12H2. The second-order valence-corrected chi connectivity index (χ2v) is 17.6. The summed E-state index contributed by atoms with van der Waals surface area (Å²) >= 11 is 3.51. The maximum atomic E-state index is 13.8. The van der Waals surface area contributed by atoms with Crippen molar-refractivity contribution in [2.45, 2.75) is 75.0 Å². The number of nitrogens with zero attached hydrogens (tertiary/aromatic N) is 4. The Hall–Kier alpha value is -6.30. The third-order valence-corrected chi connectivity index (χ3v) is 15.4. The highest BCUT2D eigenvalue weighted by Gasteiger charge is 2.50. The Morgan fingerprint density at radius 3 is 1.27 bits per heavy atom. The lowest BCUT2D eigenvalue weighted by molar-refractivity contribution is 0.0973. The summed E-state index contributed by atoms with van der Waals surface area (Å²) in [5.74, 6) is -1.64. The third kappa shape index (κ3) is 4.40. The highest BCUT2D eigenvalue weighted by atomic mass is 32.1. The Morgan fingerprint density at radius 1 is 0.571 bits per heavy atom. The van der Waals surface area contributed by atoms with E-state index in [-0.39, 0.29) is 66.7 Å². The summed E-state index contributed by atoms with van der Waals surface area (Å²) < 4.78 is 2.47. The summed E-state index contributed by atoms with van der Waals surface area (Å²) in [5, 5.41) is 19.2. The molecule has 0 bridgehead atoms. The minimum atomic E-state index is -0.416. The topological polar surface area (TPSA) is 125 Å². The zero-order valence-electron chi connectivity index (χ0n) is 29.9. The van der Waals surface area contributed by atoms with Crippen molar-refractivity contribution in [3.63, 3.8) is 0 Å². The molecule has 0 radical (unpaired) electrons. The van der Waals surface area contributed by atoms with Crippen molar-refractivity contribution >= 4 is 78.7 Å². The number of nitriles is 2. The van der Waals surface area contributed by atoms with Crippen molar-refractivity contribution < 1.29 is 19.2 Å². The van der Waals surface area contributed by atoms with E-state index in [1.807, 2.05) is 12.1 Å². The molecule has 2 aromatic heterocycles. The van der Waals surface area contributed by atoms with Crippen molar-refractivity contribution in [3.05, 3.63) is 136 Å². The molecule has 2 heterocycles. The predicted octanol–water partition coefficient (Wildman–Crippen LogP) is 11.0. The summed E-state index contributed by atoms with van der Waals surface area (Å²) in [4.78, 5) is 64.2. The van der Waals surface area contributed by atoms with Gasteiger partial charge in [0.05, 0.1) is 44.8 Å². The average Bonchev–Trinajstić information content (AvgIpc) is 4.00. The van der Waals surface area contributed by atoms with Crippen molar-refractivity contribution in [3.8, 4) is 12.1 Å². The van der Waals surface area contributed by atoms with Crippen molar-refractivity contribution in [1.82, 2.24) is 0 Å². The highest BCUT2D eigenvalue weighted by Crippen LogP contribution is 2.63. The maximum absolute atomic E-state index is 13.8. The first-order chi connectivity index (χ1) is 27.2. The summed E-state index contributed by atoms with van der Waals surface area (Å²) in [6, 6.07) is 9.46. The number of benzene rings is 2. The van der Waals surface area contributed by atoms with Gasteiger partial charge in [0, 0.05) is 42.8 Å². The normalized spacial score (nSPS) is 19.6. The number of hydrogen-bond donors (Lipinski definition) is 0. The third-order valence-electron chi connectivity index (χ3n) is 12.9. The van der Waals surface area contributed by atoms with Gasteiger partial charge in [0.25, 0.3) is 0 Å². The lowest BCUT2D eigenvalue weighted by Gasteiger charge is -2.37. The van der Waals surface area contributed by atoms with Gasteiger partial charge >= 0.3 is 0 Å². The first-order valence-electron chi connectivity index (χ1n) is 18.8. The molecule has 0 aliphatic heterocycles. The zero-order valence-corrected chi connectivity index (χ0v) is 31.6. The summed E-state index contributed by atoms with van der Waals surface area (Å²) in [6.07, 6.45) is 17.8. The highest BCUT2D eigenvalue weighted by molar-refractivity contribution is 7.29. The van der Waals surface area contributed by atoms with E-state index in [9.17, 15) is 29.7 Å². The van der Waals surface area contributed by atoms with E-state index in [4.69, 9.17) is 13.1 Å². The maximum Gasteiger partial charge on any atom is 0.197 e. The molecule has 6 aliphatic rings. The molecule has 0 unspecified atom stereocenters. The second kappa shape index (κ2) is 12.1. The molecule has 268 valence electrons. The minimum absolute atomic E-state index is 0.0688. The van der Waals surface area contributed by atoms with Gasteiger partial charge in [0.1, 0.15) is 12.1 Å². The van der Waals surface area contributed by atoms with Crippen molar-refractivity contribution in [1.29, 1.82) is 10.5 Å². The molecule has 10 rings (SSSR count). The Kier molecular flexibility index (Phi) is 7.39. The van der Waals surface area contributed by atoms with Crippen LogP contribution in [0, 0.1) is 35.8 Å². The van der Waals surface area contributed by atoms with Gasteiger partial charge in [0.15, 0.2) is 34.5 Å². The second-order valence-electron chi connectivity index (χ2n) is 15.5. The number of rotatable bonds is 2. The van der Waals surface area contributed by atoms with Gasteiger partial charge in [-0.25, -0.2) is 0 Å². The van der Waals surface area contributed by atoms with Gasteiger partial charge in [-0.2, -0.15) is 10.5 Å². The Morgan fingerprint density at radius 2 is 0.929 bits per heavy atom. The molecule has 0 atom stereocenters. The molecule has 2 saturated carbocycles. The average molecular weight is 765 g/mol. The number of Topliss-reactive ketones (excluding diaryl/α,β-unsaturated/α-hetero) is 4. The number of allylic oxidation sites excluding steroid dienone is 6. The molecule has 6 aliphatic carbocycles. The van der Waals surface area contributed by atoms with E-state index >= 15 is 0 Å².